The molecule has 0 atom stereocenters. The van der Waals surface area contributed by atoms with Gasteiger partial charge in [-0.05, 0) is 42.3 Å². The number of hydrogen-bond donors (Lipinski definition) is 1. The lowest BCUT2D eigenvalue weighted by Crippen LogP contribution is -2.50. The molecule has 28 heavy (non-hydrogen) atoms. The fourth-order valence-electron chi connectivity index (χ4n) is 3.18. The standard InChI is InChI=1S/C20H24ClN3O3S/c1-2-16-5-3-7-18(13-16)22-20(25)15-23-9-11-24(12-10-23)28(26,27)19-8-4-6-17(21)14-19/h3-8,13-14H,2,9-12,15H2,1H3,(H,22,25). The van der Waals surface area contributed by atoms with E-state index in [2.05, 4.69) is 12.2 Å². The highest BCUT2D eigenvalue weighted by atomic mass is 35.5. The zero-order valence-corrected chi connectivity index (χ0v) is 17.3. The number of nitrogens with zero attached hydrogens (tertiary/aromatic N) is 2. The molecular weight excluding hydrogens is 398 g/mol. The van der Waals surface area contributed by atoms with Crippen LogP contribution in [0.3, 0.4) is 0 Å². The van der Waals surface area contributed by atoms with Gasteiger partial charge in [0.05, 0.1) is 11.4 Å². The van der Waals surface area contributed by atoms with E-state index in [1.165, 1.54) is 10.4 Å². The number of aryl methyl sites for hydroxylation is 1. The first kappa shape index (κ1) is 20.8. The molecule has 150 valence electrons. The van der Waals surface area contributed by atoms with Gasteiger partial charge < -0.3 is 5.32 Å². The number of benzene rings is 2. The maximum absolute atomic E-state index is 12.7. The molecule has 6 nitrogen and oxygen atoms in total. The van der Waals surface area contributed by atoms with Gasteiger partial charge in [-0.1, -0.05) is 36.7 Å². The quantitative estimate of drug-likeness (QED) is 0.778. The van der Waals surface area contributed by atoms with Crippen molar-refractivity contribution in [3.8, 4) is 0 Å². The Hall–Kier alpha value is -1.93. The number of carbonyl (C=O) groups excluding carboxylic acids is 1. The topological polar surface area (TPSA) is 69.7 Å². The number of amides is 1. The van der Waals surface area contributed by atoms with Crippen molar-refractivity contribution in [3.05, 3.63) is 59.1 Å². The van der Waals surface area contributed by atoms with Crippen LogP contribution in [-0.2, 0) is 21.2 Å². The summed E-state index contributed by atoms with van der Waals surface area (Å²) in [6.07, 6.45) is 0.909. The van der Waals surface area contributed by atoms with Gasteiger partial charge in [-0.15, -0.1) is 0 Å². The summed E-state index contributed by atoms with van der Waals surface area (Å²) in [6, 6.07) is 14.1. The molecule has 1 heterocycles. The molecule has 8 heteroatoms. The Morgan fingerprint density at radius 1 is 1.07 bits per heavy atom. The largest absolute Gasteiger partial charge is 0.325 e. The average Bonchev–Trinajstić information content (AvgIpc) is 2.68. The number of sulfonamides is 1. The summed E-state index contributed by atoms with van der Waals surface area (Å²) in [5.74, 6) is -0.0978. The van der Waals surface area contributed by atoms with Gasteiger partial charge in [0.1, 0.15) is 0 Å². The molecule has 1 amide bonds. The molecule has 0 radical (unpaired) electrons. The highest BCUT2D eigenvalue weighted by Gasteiger charge is 2.29. The maximum atomic E-state index is 12.7. The van der Waals surface area contributed by atoms with Gasteiger partial charge in [0.2, 0.25) is 15.9 Å². The van der Waals surface area contributed by atoms with Gasteiger partial charge in [-0.2, -0.15) is 4.31 Å². The summed E-state index contributed by atoms with van der Waals surface area (Å²) in [5.41, 5.74) is 1.95. The fraction of sp³-hybridized carbons (Fsp3) is 0.350. The van der Waals surface area contributed by atoms with Crippen LogP contribution in [0.5, 0.6) is 0 Å². The molecule has 1 N–H and O–H groups in total. The molecule has 0 unspecified atom stereocenters. The predicted octanol–water partition coefficient (Wildman–Crippen LogP) is 2.85. The van der Waals surface area contributed by atoms with Crippen molar-refractivity contribution in [3.63, 3.8) is 0 Å². The molecule has 0 bridgehead atoms. The molecule has 1 saturated heterocycles. The molecule has 0 aromatic heterocycles. The smallest absolute Gasteiger partial charge is 0.243 e. The van der Waals surface area contributed by atoms with Crippen molar-refractivity contribution in [1.82, 2.24) is 9.21 Å². The van der Waals surface area contributed by atoms with Crippen LogP contribution in [0.2, 0.25) is 5.02 Å². The van der Waals surface area contributed by atoms with Crippen LogP contribution in [-0.4, -0.2) is 56.3 Å². The van der Waals surface area contributed by atoms with Crippen LogP contribution in [0.15, 0.2) is 53.4 Å². The van der Waals surface area contributed by atoms with Gasteiger partial charge >= 0.3 is 0 Å². The van der Waals surface area contributed by atoms with Crippen molar-refractivity contribution >= 4 is 33.2 Å². The molecule has 1 aliphatic heterocycles. The Morgan fingerprint density at radius 3 is 2.46 bits per heavy atom. The van der Waals surface area contributed by atoms with E-state index in [4.69, 9.17) is 11.6 Å². The summed E-state index contributed by atoms with van der Waals surface area (Å²) in [6.45, 7) is 3.99. The third kappa shape index (κ3) is 5.11. The van der Waals surface area contributed by atoms with E-state index in [0.717, 1.165) is 17.7 Å². The summed E-state index contributed by atoms with van der Waals surface area (Å²) in [4.78, 5) is 14.5. The van der Waals surface area contributed by atoms with Crippen LogP contribution < -0.4 is 5.32 Å². The van der Waals surface area contributed by atoms with E-state index in [0.29, 0.717) is 31.2 Å². The molecule has 0 saturated carbocycles. The van der Waals surface area contributed by atoms with E-state index in [9.17, 15) is 13.2 Å². The Morgan fingerprint density at radius 2 is 1.79 bits per heavy atom. The van der Waals surface area contributed by atoms with E-state index in [1.807, 2.05) is 29.2 Å². The predicted molar refractivity (Wildman–Crippen MR) is 111 cm³/mol. The van der Waals surface area contributed by atoms with Gasteiger partial charge in [0.15, 0.2) is 0 Å². The number of piperazine rings is 1. The van der Waals surface area contributed by atoms with Crippen LogP contribution in [0.1, 0.15) is 12.5 Å². The van der Waals surface area contributed by atoms with Crippen molar-refractivity contribution in [2.45, 2.75) is 18.2 Å². The van der Waals surface area contributed by atoms with E-state index < -0.39 is 10.0 Å². The van der Waals surface area contributed by atoms with Crippen LogP contribution in [0, 0.1) is 0 Å². The first-order valence-electron chi connectivity index (χ1n) is 9.25. The molecule has 3 rings (SSSR count). The second-order valence-corrected chi connectivity index (χ2v) is 9.11. The lowest BCUT2D eigenvalue weighted by molar-refractivity contribution is -0.117. The van der Waals surface area contributed by atoms with Crippen molar-refractivity contribution in [2.24, 2.45) is 0 Å². The Balaban J connectivity index is 1.54. The van der Waals surface area contributed by atoms with Crippen LogP contribution in [0.4, 0.5) is 5.69 Å². The van der Waals surface area contributed by atoms with E-state index in [-0.39, 0.29) is 17.3 Å². The van der Waals surface area contributed by atoms with E-state index >= 15 is 0 Å². The third-order valence-electron chi connectivity index (χ3n) is 4.75. The molecule has 1 fully saturated rings. The zero-order chi connectivity index (χ0) is 20.1. The van der Waals surface area contributed by atoms with Gasteiger partial charge in [0.25, 0.3) is 0 Å². The molecule has 2 aromatic rings. The molecular formula is C20H24ClN3O3S. The van der Waals surface area contributed by atoms with Gasteiger partial charge in [-0.3, -0.25) is 9.69 Å². The number of carbonyl (C=O) groups is 1. The Bertz CT molecular complexity index is 941. The summed E-state index contributed by atoms with van der Waals surface area (Å²) < 4.78 is 26.9. The number of anilines is 1. The minimum absolute atomic E-state index is 0.0978. The minimum atomic E-state index is -3.57. The maximum Gasteiger partial charge on any atom is 0.243 e. The minimum Gasteiger partial charge on any atom is -0.325 e. The highest BCUT2D eigenvalue weighted by Crippen LogP contribution is 2.21. The first-order chi connectivity index (χ1) is 13.4. The third-order valence-corrected chi connectivity index (χ3v) is 6.88. The van der Waals surface area contributed by atoms with Crippen molar-refractivity contribution in [2.75, 3.05) is 38.0 Å². The lowest BCUT2D eigenvalue weighted by Gasteiger charge is -2.33. The van der Waals surface area contributed by atoms with Crippen molar-refractivity contribution < 1.29 is 13.2 Å². The number of rotatable bonds is 6. The Kier molecular flexibility index (Phi) is 6.72. The average molecular weight is 422 g/mol. The monoisotopic (exact) mass is 421 g/mol. The van der Waals surface area contributed by atoms with Gasteiger partial charge in [-0.25, -0.2) is 8.42 Å². The molecule has 0 spiro atoms. The number of nitrogens with one attached hydrogen (secondary N) is 1. The van der Waals surface area contributed by atoms with Gasteiger partial charge in [0, 0.05) is 36.9 Å². The van der Waals surface area contributed by atoms with E-state index in [1.54, 1.807) is 18.2 Å². The number of hydrogen-bond acceptors (Lipinski definition) is 4. The first-order valence-corrected chi connectivity index (χ1v) is 11.1. The van der Waals surface area contributed by atoms with Crippen LogP contribution in [0.25, 0.3) is 0 Å². The summed E-state index contributed by atoms with van der Waals surface area (Å²) in [5, 5.41) is 3.30. The fourth-order valence-corrected chi connectivity index (χ4v) is 4.90. The second-order valence-electron chi connectivity index (χ2n) is 6.74. The Labute approximate surface area is 171 Å². The lowest BCUT2D eigenvalue weighted by atomic mass is 10.1. The normalized spacial score (nSPS) is 16.1. The van der Waals surface area contributed by atoms with Crippen molar-refractivity contribution in [1.29, 1.82) is 0 Å². The molecule has 0 aliphatic carbocycles. The number of halogens is 1. The summed E-state index contributed by atoms with van der Waals surface area (Å²) in [7, 11) is -3.57. The van der Waals surface area contributed by atoms with Crippen LogP contribution >= 0.6 is 11.6 Å². The molecule has 1 aliphatic rings. The molecule has 2 aromatic carbocycles. The second kappa shape index (κ2) is 9.05. The SMILES string of the molecule is CCc1cccc(NC(=O)CN2CCN(S(=O)(=O)c3cccc(Cl)c3)CC2)c1. The summed E-state index contributed by atoms with van der Waals surface area (Å²) >= 11 is 5.92. The zero-order valence-electron chi connectivity index (χ0n) is 15.8. The highest BCUT2D eigenvalue weighted by molar-refractivity contribution is 7.89.